The monoisotopic (exact) mass is 516 g/mol. The minimum absolute atomic E-state index is 0. The Kier molecular flexibility index (Phi) is 8.18. The van der Waals surface area contributed by atoms with Crippen molar-refractivity contribution in [2.45, 2.75) is 33.2 Å². The Morgan fingerprint density at radius 3 is 2.47 bits per heavy atom. The lowest BCUT2D eigenvalue weighted by Gasteiger charge is -2.20. The van der Waals surface area contributed by atoms with E-state index in [4.69, 9.17) is 4.98 Å². The van der Waals surface area contributed by atoms with Crippen molar-refractivity contribution in [3.63, 3.8) is 0 Å². The van der Waals surface area contributed by atoms with Crippen LogP contribution in [0.2, 0.25) is 0 Å². The number of rotatable bonds is 8. The minimum atomic E-state index is 0. The van der Waals surface area contributed by atoms with Gasteiger partial charge in [-0.05, 0) is 54.2 Å². The van der Waals surface area contributed by atoms with E-state index in [1.165, 1.54) is 16.7 Å². The first kappa shape index (κ1) is 25.6. The number of carbonyl (C=O) groups excluding carboxylic acids is 1. The van der Waals surface area contributed by atoms with Gasteiger partial charge in [-0.2, -0.15) is 0 Å². The molecule has 0 bridgehead atoms. The van der Waals surface area contributed by atoms with Crippen LogP contribution in [0.4, 0.5) is 5.13 Å². The number of thiazole rings is 1. The molecule has 0 radical (unpaired) electrons. The molecule has 3 aromatic carbocycles. The maximum atomic E-state index is 13.6. The summed E-state index contributed by atoms with van der Waals surface area (Å²) in [5, 5.41) is 0.769. The molecular formula is C29H29ClN4OS. The van der Waals surface area contributed by atoms with Crippen LogP contribution in [-0.2, 0) is 17.8 Å². The second kappa shape index (κ2) is 11.5. The van der Waals surface area contributed by atoms with Gasteiger partial charge in [0.2, 0.25) is 5.91 Å². The van der Waals surface area contributed by atoms with Crippen LogP contribution in [0, 0.1) is 13.8 Å². The second-order valence-corrected chi connectivity index (χ2v) is 9.84. The van der Waals surface area contributed by atoms with Crippen LogP contribution in [-0.4, -0.2) is 27.0 Å². The predicted octanol–water partition coefficient (Wildman–Crippen LogP) is 6.86. The third kappa shape index (κ3) is 5.83. The lowest BCUT2D eigenvalue weighted by molar-refractivity contribution is -0.118. The summed E-state index contributed by atoms with van der Waals surface area (Å²) in [4.78, 5) is 24.4. The Labute approximate surface area is 221 Å². The van der Waals surface area contributed by atoms with Gasteiger partial charge >= 0.3 is 0 Å². The molecule has 0 aliphatic carbocycles. The summed E-state index contributed by atoms with van der Waals surface area (Å²) in [6.07, 6.45) is 6.70. The number of aromatic nitrogens is 3. The number of aryl methyl sites for hydroxylation is 3. The van der Waals surface area contributed by atoms with Crippen molar-refractivity contribution >= 4 is 45.0 Å². The van der Waals surface area contributed by atoms with Crippen molar-refractivity contribution in [2.24, 2.45) is 0 Å². The maximum absolute atomic E-state index is 13.6. The first-order chi connectivity index (χ1) is 17.1. The minimum Gasteiger partial charge on any atom is -0.337 e. The maximum Gasteiger partial charge on any atom is 0.233 e. The Hall–Kier alpha value is -3.48. The Morgan fingerprint density at radius 2 is 1.75 bits per heavy atom. The van der Waals surface area contributed by atoms with E-state index in [0.717, 1.165) is 39.4 Å². The molecule has 5 aromatic rings. The van der Waals surface area contributed by atoms with Gasteiger partial charge in [-0.1, -0.05) is 72.0 Å². The van der Waals surface area contributed by atoms with Crippen LogP contribution in [0.1, 0.15) is 23.1 Å². The molecular weight excluding hydrogens is 488 g/mol. The second-order valence-electron chi connectivity index (χ2n) is 8.87. The van der Waals surface area contributed by atoms with E-state index >= 15 is 0 Å². The number of fused-ring (bicyclic) bond motifs is 1. The predicted molar refractivity (Wildman–Crippen MR) is 151 cm³/mol. The van der Waals surface area contributed by atoms with Crippen molar-refractivity contribution in [1.82, 2.24) is 14.5 Å². The summed E-state index contributed by atoms with van der Waals surface area (Å²) < 4.78 is 3.18. The molecule has 0 spiro atoms. The van der Waals surface area contributed by atoms with Gasteiger partial charge in [0, 0.05) is 25.5 Å². The molecule has 0 aliphatic heterocycles. The van der Waals surface area contributed by atoms with Crippen molar-refractivity contribution in [2.75, 3.05) is 11.4 Å². The van der Waals surface area contributed by atoms with Crippen molar-refractivity contribution in [1.29, 1.82) is 0 Å². The number of benzene rings is 3. The topological polar surface area (TPSA) is 51.0 Å². The SMILES string of the molecule is Cc1cc(C)c2sc(N(CCCn3ccnc3)C(=O)Cc3ccc(-c4ccccc4)cc3)nc2c1.Cl. The molecule has 7 heteroatoms. The number of hydrogen-bond acceptors (Lipinski definition) is 4. The van der Waals surface area contributed by atoms with Crippen LogP contribution in [0.15, 0.2) is 85.5 Å². The molecule has 184 valence electrons. The first-order valence-corrected chi connectivity index (χ1v) is 12.7. The summed E-state index contributed by atoms with van der Waals surface area (Å²) in [7, 11) is 0. The standard InChI is InChI=1S/C29H28N4OS.ClH/c1-21-17-22(2)28-26(18-21)31-29(35-28)33(15-6-14-32-16-13-30-20-32)27(34)19-23-9-11-25(12-10-23)24-7-4-3-5-8-24;/h3-5,7-13,16-18,20H,6,14-15,19H2,1-2H3;1H. The highest BCUT2D eigenvalue weighted by Crippen LogP contribution is 2.32. The number of carbonyl (C=O) groups is 1. The smallest absolute Gasteiger partial charge is 0.233 e. The Morgan fingerprint density at radius 1 is 1.00 bits per heavy atom. The average Bonchev–Trinajstić information content (AvgIpc) is 3.53. The van der Waals surface area contributed by atoms with Crippen LogP contribution < -0.4 is 4.90 Å². The molecule has 1 amide bonds. The summed E-state index contributed by atoms with van der Waals surface area (Å²) in [5.41, 5.74) is 6.67. The molecule has 0 fully saturated rings. The van der Waals surface area contributed by atoms with Gasteiger partial charge in [0.05, 0.1) is 23.0 Å². The fourth-order valence-corrected chi connectivity index (χ4v) is 5.41. The highest BCUT2D eigenvalue weighted by atomic mass is 35.5. The van der Waals surface area contributed by atoms with E-state index in [-0.39, 0.29) is 18.3 Å². The van der Waals surface area contributed by atoms with E-state index in [0.29, 0.717) is 13.0 Å². The number of nitrogens with zero attached hydrogens (tertiary/aromatic N) is 4. The summed E-state index contributed by atoms with van der Waals surface area (Å²) in [5.74, 6) is 0.0662. The molecule has 36 heavy (non-hydrogen) atoms. The lowest BCUT2D eigenvalue weighted by atomic mass is 10.0. The zero-order valence-corrected chi connectivity index (χ0v) is 22.1. The van der Waals surface area contributed by atoms with Gasteiger partial charge in [-0.25, -0.2) is 9.97 Å². The normalized spacial score (nSPS) is 10.8. The van der Waals surface area contributed by atoms with Gasteiger partial charge in [-0.3, -0.25) is 9.69 Å². The molecule has 0 saturated carbocycles. The van der Waals surface area contributed by atoms with Gasteiger partial charge < -0.3 is 4.57 Å². The highest BCUT2D eigenvalue weighted by Gasteiger charge is 2.20. The average molecular weight is 517 g/mol. The summed E-state index contributed by atoms with van der Waals surface area (Å²) in [6.45, 7) is 5.60. The van der Waals surface area contributed by atoms with Gasteiger partial charge in [0.15, 0.2) is 5.13 Å². The molecule has 5 nitrogen and oxygen atoms in total. The first-order valence-electron chi connectivity index (χ1n) is 11.8. The summed E-state index contributed by atoms with van der Waals surface area (Å²) >= 11 is 1.60. The molecule has 0 unspecified atom stereocenters. The third-order valence-corrected chi connectivity index (χ3v) is 7.34. The van der Waals surface area contributed by atoms with Crippen LogP contribution in [0.25, 0.3) is 21.3 Å². The van der Waals surface area contributed by atoms with E-state index in [2.05, 4.69) is 67.4 Å². The fraction of sp³-hybridized carbons (Fsp3) is 0.207. The van der Waals surface area contributed by atoms with Crippen LogP contribution in [0.3, 0.4) is 0 Å². The van der Waals surface area contributed by atoms with Crippen molar-refractivity contribution in [3.8, 4) is 11.1 Å². The number of anilines is 1. The van der Waals surface area contributed by atoms with Crippen LogP contribution >= 0.6 is 23.7 Å². The molecule has 0 atom stereocenters. The van der Waals surface area contributed by atoms with Crippen molar-refractivity contribution < 1.29 is 4.79 Å². The zero-order chi connectivity index (χ0) is 24.2. The van der Waals surface area contributed by atoms with Gasteiger partial charge in [0.25, 0.3) is 0 Å². The van der Waals surface area contributed by atoms with E-state index in [9.17, 15) is 4.79 Å². The Bertz CT molecular complexity index is 1430. The largest absolute Gasteiger partial charge is 0.337 e. The van der Waals surface area contributed by atoms with Crippen LogP contribution in [0.5, 0.6) is 0 Å². The fourth-order valence-electron chi connectivity index (χ4n) is 4.35. The molecule has 2 heterocycles. The quantitative estimate of drug-likeness (QED) is 0.226. The molecule has 0 saturated heterocycles. The number of imidazole rings is 1. The molecule has 0 N–H and O–H groups in total. The third-order valence-electron chi connectivity index (χ3n) is 6.11. The highest BCUT2D eigenvalue weighted by molar-refractivity contribution is 7.22. The van der Waals surface area contributed by atoms with E-state index < -0.39 is 0 Å². The molecule has 2 aromatic heterocycles. The van der Waals surface area contributed by atoms with Gasteiger partial charge in [-0.15, -0.1) is 12.4 Å². The summed E-state index contributed by atoms with van der Waals surface area (Å²) in [6, 6.07) is 22.8. The Balaban J connectivity index is 0.00000304. The number of halogens is 1. The molecule has 5 rings (SSSR count). The lowest BCUT2D eigenvalue weighted by Crippen LogP contribution is -2.33. The van der Waals surface area contributed by atoms with Gasteiger partial charge in [0.1, 0.15) is 0 Å². The van der Waals surface area contributed by atoms with E-state index in [1.54, 1.807) is 17.5 Å². The van der Waals surface area contributed by atoms with Crippen molar-refractivity contribution in [3.05, 3.63) is 102 Å². The zero-order valence-electron chi connectivity index (χ0n) is 20.4. The number of hydrogen-bond donors (Lipinski definition) is 0. The molecule has 0 aliphatic rings. The van der Waals surface area contributed by atoms with E-state index in [1.807, 2.05) is 40.2 Å². The number of amides is 1.